The van der Waals surface area contributed by atoms with E-state index in [4.69, 9.17) is 0 Å². The topological polar surface area (TPSA) is 107 Å². The van der Waals surface area contributed by atoms with Crippen molar-refractivity contribution in [2.75, 3.05) is 11.9 Å². The maximum atomic E-state index is 13.1. The fourth-order valence-corrected chi connectivity index (χ4v) is 4.98. The molecule has 2 aliphatic rings. The maximum absolute atomic E-state index is 13.1. The largest absolute Gasteiger partial charge is 0.325 e. The molecule has 0 bridgehead atoms. The Bertz CT molecular complexity index is 933. The van der Waals surface area contributed by atoms with Crippen LogP contribution in [-0.2, 0) is 9.59 Å². The third-order valence-corrected chi connectivity index (χ3v) is 5.57. The molecule has 1 saturated carbocycles. The maximum Gasteiger partial charge on any atom is 0.325 e. The highest BCUT2D eigenvalue weighted by Gasteiger charge is 2.56. The fourth-order valence-electron chi connectivity index (χ4n) is 4.98. The molecular weight excluding hydrogens is 358 g/mol. The number of imidazole rings is 1. The summed E-state index contributed by atoms with van der Waals surface area (Å²) < 4.78 is 0. The molecule has 8 heteroatoms. The lowest BCUT2D eigenvalue weighted by molar-refractivity contribution is -0.136. The predicted molar refractivity (Wildman–Crippen MR) is 104 cm³/mol. The molecule has 0 unspecified atom stereocenters. The standard InChI is InChI=1S/C20H25N5O3/c1-12-8-19(2,3)11-20(9-12)16(27)25(18(28)24-20)10-15(26)23-17-21-13-6-4-5-7-14(13)22-17/h4-7,12H,8-11H2,1-3H3,(H,24,28)(H2,21,22,23,26)/t12-,20+/m0/s1. The van der Waals surface area contributed by atoms with E-state index in [1.54, 1.807) is 0 Å². The van der Waals surface area contributed by atoms with Crippen LogP contribution in [0.1, 0.15) is 40.0 Å². The van der Waals surface area contributed by atoms with Crippen molar-refractivity contribution in [3.8, 4) is 0 Å². The van der Waals surface area contributed by atoms with Crippen molar-refractivity contribution in [3.05, 3.63) is 24.3 Å². The molecule has 1 spiro atoms. The fraction of sp³-hybridized carbons (Fsp3) is 0.500. The van der Waals surface area contributed by atoms with Crippen LogP contribution in [0.3, 0.4) is 0 Å². The quantitative estimate of drug-likeness (QED) is 0.708. The molecule has 2 heterocycles. The van der Waals surface area contributed by atoms with Crippen molar-refractivity contribution in [2.24, 2.45) is 11.3 Å². The van der Waals surface area contributed by atoms with E-state index in [1.807, 2.05) is 24.3 Å². The second-order valence-electron chi connectivity index (χ2n) is 8.91. The molecule has 2 atom stereocenters. The summed E-state index contributed by atoms with van der Waals surface area (Å²) in [6, 6.07) is 6.90. The second kappa shape index (κ2) is 6.32. The zero-order valence-electron chi connectivity index (χ0n) is 16.3. The lowest BCUT2D eigenvalue weighted by Crippen LogP contribution is -2.54. The van der Waals surface area contributed by atoms with E-state index in [0.29, 0.717) is 24.7 Å². The van der Waals surface area contributed by atoms with Crippen LogP contribution >= 0.6 is 0 Å². The minimum absolute atomic E-state index is 0.0485. The Kier molecular flexibility index (Phi) is 4.17. The number of aromatic amines is 1. The molecular formula is C20H25N5O3. The molecule has 3 N–H and O–H groups in total. The first kappa shape index (κ1) is 18.5. The molecule has 0 radical (unpaired) electrons. The molecule has 1 aliphatic heterocycles. The van der Waals surface area contributed by atoms with E-state index < -0.39 is 17.5 Å². The Morgan fingerprint density at radius 1 is 1.29 bits per heavy atom. The van der Waals surface area contributed by atoms with Crippen LogP contribution in [0.4, 0.5) is 10.7 Å². The van der Waals surface area contributed by atoms with Crippen LogP contribution in [0, 0.1) is 11.3 Å². The number of hydrogen-bond acceptors (Lipinski definition) is 4. The number of rotatable bonds is 3. The van der Waals surface area contributed by atoms with Gasteiger partial charge in [0.15, 0.2) is 0 Å². The van der Waals surface area contributed by atoms with Gasteiger partial charge in [-0.1, -0.05) is 32.9 Å². The Morgan fingerprint density at radius 3 is 2.75 bits per heavy atom. The molecule has 1 saturated heterocycles. The molecule has 8 nitrogen and oxygen atoms in total. The van der Waals surface area contributed by atoms with Gasteiger partial charge in [-0.05, 0) is 42.7 Å². The van der Waals surface area contributed by atoms with Gasteiger partial charge in [0.05, 0.1) is 11.0 Å². The minimum atomic E-state index is -0.905. The van der Waals surface area contributed by atoms with E-state index in [1.165, 1.54) is 0 Å². The minimum Gasteiger partial charge on any atom is -0.324 e. The lowest BCUT2D eigenvalue weighted by atomic mass is 9.64. The number of urea groups is 1. The van der Waals surface area contributed by atoms with Crippen molar-refractivity contribution in [2.45, 2.75) is 45.6 Å². The summed E-state index contributed by atoms with van der Waals surface area (Å²) in [4.78, 5) is 46.3. The number of H-pyrrole nitrogens is 1. The number of fused-ring (bicyclic) bond motifs is 1. The summed E-state index contributed by atoms with van der Waals surface area (Å²) in [6.45, 7) is 5.99. The number of carbonyl (C=O) groups is 3. The van der Waals surface area contributed by atoms with Crippen LogP contribution in [0.5, 0.6) is 0 Å². The molecule has 4 rings (SSSR count). The number of para-hydroxylation sites is 2. The van der Waals surface area contributed by atoms with Crippen molar-refractivity contribution >= 4 is 34.8 Å². The summed E-state index contributed by atoms with van der Waals surface area (Å²) in [5, 5.41) is 5.52. The van der Waals surface area contributed by atoms with Gasteiger partial charge in [0.2, 0.25) is 11.9 Å². The van der Waals surface area contributed by atoms with E-state index >= 15 is 0 Å². The highest BCUT2D eigenvalue weighted by atomic mass is 16.2. The van der Waals surface area contributed by atoms with E-state index in [2.05, 4.69) is 41.4 Å². The van der Waals surface area contributed by atoms with Gasteiger partial charge in [-0.25, -0.2) is 9.78 Å². The first-order chi connectivity index (χ1) is 13.2. The number of hydrogen-bond donors (Lipinski definition) is 3. The Hall–Kier alpha value is -2.90. The molecule has 4 amide bonds. The van der Waals surface area contributed by atoms with Gasteiger partial charge in [0, 0.05) is 0 Å². The highest BCUT2D eigenvalue weighted by molar-refractivity contribution is 6.10. The van der Waals surface area contributed by atoms with Gasteiger partial charge >= 0.3 is 6.03 Å². The monoisotopic (exact) mass is 383 g/mol. The number of aromatic nitrogens is 2. The molecule has 2 fully saturated rings. The Balaban J connectivity index is 1.47. The SMILES string of the molecule is C[C@H]1CC(C)(C)C[C@@]2(C1)NC(=O)N(CC(=O)Nc1nc3ccccc3[nH]1)C2=O. The Morgan fingerprint density at radius 2 is 2.04 bits per heavy atom. The highest BCUT2D eigenvalue weighted by Crippen LogP contribution is 2.46. The van der Waals surface area contributed by atoms with Crippen molar-refractivity contribution in [3.63, 3.8) is 0 Å². The van der Waals surface area contributed by atoms with Crippen molar-refractivity contribution in [1.82, 2.24) is 20.2 Å². The van der Waals surface area contributed by atoms with Gasteiger partial charge < -0.3 is 10.3 Å². The summed E-state index contributed by atoms with van der Waals surface area (Å²) >= 11 is 0. The molecule has 28 heavy (non-hydrogen) atoms. The molecule has 2 aromatic rings. The van der Waals surface area contributed by atoms with Gasteiger partial charge in [0.1, 0.15) is 12.1 Å². The van der Waals surface area contributed by atoms with Crippen molar-refractivity contribution < 1.29 is 14.4 Å². The average Bonchev–Trinajstić information content (AvgIpc) is 3.07. The van der Waals surface area contributed by atoms with Crippen LogP contribution in [0.25, 0.3) is 11.0 Å². The number of imide groups is 1. The van der Waals surface area contributed by atoms with Gasteiger partial charge in [-0.2, -0.15) is 0 Å². The van der Waals surface area contributed by atoms with Gasteiger partial charge in [-0.15, -0.1) is 0 Å². The lowest BCUT2D eigenvalue weighted by Gasteiger charge is -2.43. The number of carbonyl (C=O) groups excluding carboxylic acids is 3. The second-order valence-corrected chi connectivity index (χ2v) is 8.91. The molecule has 148 valence electrons. The summed E-state index contributed by atoms with van der Waals surface area (Å²) in [5.41, 5.74) is 0.570. The van der Waals surface area contributed by atoms with Crippen LogP contribution in [-0.4, -0.2) is 44.8 Å². The number of amides is 4. The van der Waals surface area contributed by atoms with E-state index in [-0.39, 0.29) is 17.9 Å². The molecule has 1 aromatic heterocycles. The summed E-state index contributed by atoms with van der Waals surface area (Å²) in [6.07, 6.45) is 2.18. The number of nitrogens with one attached hydrogen (secondary N) is 3. The summed E-state index contributed by atoms with van der Waals surface area (Å²) in [5.74, 6) is -0.169. The normalized spacial score (nSPS) is 26.7. The van der Waals surface area contributed by atoms with E-state index in [9.17, 15) is 14.4 Å². The third kappa shape index (κ3) is 3.23. The van der Waals surface area contributed by atoms with Crippen molar-refractivity contribution in [1.29, 1.82) is 0 Å². The summed E-state index contributed by atoms with van der Waals surface area (Å²) in [7, 11) is 0. The third-order valence-electron chi connectivity index (χ3n) is 5.57. The Labute approximate surface area is 163 Å². The average molecular weight is 383 g/mol. The molecule has 1 aliphatic carbocycles. The van der Waals surface area contributed by atoms with Crippen LogP contribution in [0.15, 0.2) is 24.3 Å². The number of nitrogens with zero attached hydrogens (tertiary/aromatic N) is 2. The smallest absolute Gasteiger partial charge is 0.324 e. The van der Waals surface area contributed by atoms with Crippen LogP contribution < -0.4 is 10.6 Å². The predicted octanol–water partition coefficient (Wildman–Crippen LogP) is 2.64. The molecule has 1 aromatic carbocycles. The van der Waals surface area contributed by atoms with Crippen LogP contribution in [0.2, 0.25) is 0 Å². The van der Waals surface area contributed by atoms with Gasteiger partial charge in [0.25, 0.3) is 5.91 Å². The van der Waals surface area contributed by atoms with Gasteiger partial charge in [-0.3, -0.25) is 19.8 Å². The zero-order valence-corrected chi connectivity index (χ0v) is 16.3. The van der Waals surface area contributed by atoms with E-state index in [0.717, 1.165) is 22.4 Å². The first-order valence-electron chi connectivity index (χ1n) is 9.56. The number of anilines is 1. The number of benzene rings is 1. The zero-order chi connectivity index (χ0) is 20.1. The first-order valence-corrected chi connectivity index (χ1v) is 9.56.